The number of phenolic OH excluding ortho intramolecular Hbond substituents is 1. The van der Waals surface area contributed by atoms with Crippen LogP contribution in [-0.4, -0.2) is 19.7 Å². The summed E-state index contributed by atoms with van der Waals surface area (Å²) in [4.78, 5) is 0. The number of benzene rings is 1. The molecule has 2 heterocycles. The summed E-state index contributed by atoms with van der Waals surface area (Å²) in [5.41, 5.74) is 2.37. The van der Waals surface area contributed by atoms with Gasteiger partial charge in [0.15, 0.2) is 5.65 Å². The van der Waals surface area contributed by atoms with Gasteiger partial charge in [-0.1, -0.05) is 0 Å². The molecule has 5 nitrogen and oxygen atoms in total. The number of hydrogen-bond donors (Lipinski definition) is 1. The molecule has 76 valence electrons. The third-order valence-electron chi connectivity index (χ3n) is 2.43. The van der Waals surface area contributed by atoms with Crippen LogP contribution in [0.4, 0.5) is 0 Å². The van der Waals surface area contributed by atoms with Gasteiger partial charge in [-0.3, -0.25) is 4.40 Å². The number of aromatic hydroxyl groups is 1. The number of hydrogen-bond acceptors (Lipinski definition) is 4. The van der Waals surface area contributed by atoms with Gasteiger partial charge in [0.2, 0.25) is 0 Å². The number of nitrogens with zero attached hydrogens (tertiary/aromatic N) is 4. The van der Waals surface area contributed by atoms with Gasteiger partial charge in [-0.2, -0.15) is 5.26 Å². The van der Waals surface area contributed by atoms with Crippen molar-refractivity contribution in [3.8, 4) is 11.8 Å². The van der Waals surface area contributed by atoms with Crippen molar-refractivity contribution in [1.82, 2.24) is 14.6 Å². The third kappa shape index (κ3) is 1.04. The van der Waals surface area contributed by atoms with Crippen molar-refractivity contribution >= 4 is 16.7 Å². The molecule has 0 spiro atoms. The van der Waals surface area contributed by atoms with Gasteiger partial charge in [-0.25, -0.2) is 0 Å². The van der Waals surface area contributed by atoms with E-state index in [0.717, 1.165) is 0 Å². The minimum Gasteiger partial charge on any atom is -0.508 e. The Balaban J connectivity index is 2.61. The van der Waals surface area contributed by atoms with E-state index in [1.165, 1.54) is 0 Å². The van der Waals surface area contributed by atoms with E-state index in [0.29, 0.717) is 22.4 Å². The van der Waals surface area contributed by atoms with E-state index < -0.39 is 0 Å². The fourth-order valence-electron chi connectivity index (χ4n) is 1.73. The molecule has 0 aliphatic rings. The van der Waals surface area contributed by atoms with Crippen molar-refractivity contribution in [1.29, 1.82) is 5.26 Å². The summed E-state index contributed by atoms with van der Waals surface area (Å²) >= 11 is 0. The smallest absolute Gasteiger partial charge is 0.160 e. The van der Waals surface area contributed by atoms with E-state index in [-0.39, 0.29) is 5.75 Å². The number of fused-ring (bicyclic) bond motifs is 3. The zero-order valence-electron chi connectivity index (χ0n) is 8.12. The van der Waals surface area contributed by atoms with Gasteiger partial charge in [0, 0.05) is 6.07 Å². The van der Waals surface area contributed by atoms with Gasteiger partial charge < -0.3 is 5.11 Å². The molecule has 5 heteroatoms. The first-order valence-corrected chi connectivity index (χ1v) is 4.66. The van der Waals surface area contributed by atoms with Crippen molar-refractivity contribution in [2.45, 2.75) is 0 Å². The molecule has 3 rings (SSSR count). The number of aromatic nitrogens is 3. The molecule has 0 amide bonds. The lowest BCUT2D eigenvalue weighted by molar-refractivity contribution is 0.476. The summed E-state index contributed by atoms with van der Waals surface area (Å²) in [6, 6.07) is 10.2. The van der Waals surface area contributed by atoms with Crippen LogP contribution in [0.25, 0.3) is 16.7 Å². The summed E-state index contributed by atoms with van der Waals surface area (Å²) < 4.78 is 1.67. The summed E-state index contributed by atoms with van der Waals surface area (Å²) in [5.74, 6) is 0.138. The molecule has 0 saturated carbocycles. The Hall–Kier alpha value is -2.61. The van der Waals surface area contributed by atoms with Crippen LogP contribution in [0.3, 0.4) is 0 Å². The molecule has 3 aromatic rings. The molecule has 0 unspecified atom stereocenters. The van der Waals surface area contributed by atoms with E-state index in [2.05, 4.69) is 16.3 Å². The highest BCUT2D eigenvalue weighted by molar-refractivity contribution is 5.79. The summed E-state index contributed by atoms with van der Waals surface area (Å²) in [7, 11) is 0. The molecule has 0 atom stereocenters. The molecule has 0 bridgehead atoms. The molecule has 1 N–H and O–H groups in total. The first kappa shape index (κ1) is 8.68. The molecule has 16 heavy (non-hydrogen) atoms. The molecular formula is C11H6N4O. The van der Waals surface area contributed by atoms with E-state index in [9.17, 15) is 5.11 Å². The van der Waals surface area contributed by atoms with Crippen LogP contribution in [0.15, 0.2) is 30.3 Å². The normalized spacial score (nSPS) is 10.7. The Labute approximate surface area is 90.2 Å². The molecule has 0 aliphatic carbocycles. The van der Waals surface area contributed by atoms with Gasteiger partial charge in [-0.05, 0) is 24.3 Å². The highest BCUT2D eigenvalue weighted by Gasteiger charge is 2.07. The second-order valence-electron chi connectivity index (χ2n) is 3.40. The maximum atomic E-state index is 9.45. The Bertz CT molecular complexity index is 739. The molecule has 0 fully saturated rings. The fourth-order valence-corrected chi connectivity index (χ4v) is 1.73. The molecule has 0 radical (unpaired) electrons. The lowest BCUT2D eigenvalue weighted by Crippen LogP contribution is -1.96. The fraction of sp³-hybridized carbons (Fsp3) is 0. The molecule has 1 aromatic carbocycles. The lowest BCUT2D eigenvalue weighted by atomic mass is 10.3. The zero-order valence-corrected chi connectivity index (χ0v) is 8.12. The number of phenols is 1. The first-order valence-electron chi connectivity index (χ1n) is 4.66. The first-order chi connectivity index (χ1) is 7.79. The van der Waals surface area contributed by atoms with Gasteiger partial charge in [0.1, 0.15) is 23.0 Å². The van der Waals surface area contributed by atoms with Crippen LogP contribution in [0.5, 0.6) is 5.75 Å². The minimum atomic E-state index is 0.138. The molecule has 0 saturated heterocycles. The van der Waals surface area contributed by atoms with Crippen molar-refractivity contribution in [3.05, 3.63) is 36.0 Å². The van der Waals surface area contributed by atoms with E-state index in [4.69, 9.17) is 5.26 Å². The van der Waals surface area contributed by atoms with Crippen LogP contribution < -0.4 is 0 Å². The maximum absolute atomic E-state index is 9.45. The molecule has 2 aromatic heterocycles. The van der Waals surface area contributed by atoms with Gasteiger partial charge >= 0.3 is 0 Å². The lowest BCUT2D eigenvalue weighted by Gasteiger charge is -2.02. The second-order valence-corrected chi connectivity index (χ2v) is 3.40. The van der Waals surface area contributed by atoms with E-state index in [1.807, 2.05) is 0 Å². The third-order valence-corrected chi connectivity index (χ3v) is 2.43. The second kappa shape index (κ2) is 2.94. The Morgan fingerprint density at radius 1 is 1.19 bits per heavy atom. The number of rotatable bonds is 0. The SMILES string of the molecule is N#Cc1ccc2nnc3ccc(O)cc3n12. The van der Waals surface area contributed by atoms with E-state index >= 15 is 0 Å². The molecule has 0 aliphatic heterocycles. The highest BCUT2D eigenvalue weighted by atomic mass is 16.3. The predicted molar refractivity (Wildman–Crippen MR) is 56.9 cm³/mol. The zero-order chi connectivity index (χ0) is 11.1. The van der Waals surface area contributed by atoms with E-state index in [1.54, 1.807) is 34.7 Å². The average molecular weight is 210 g/mol. The van der Waals surface area contributed by atoms with Crippen LogP contribution in [0.1, 0.15) is 5.69 Å². The Morgan fingerprint density at radius 3 is 2.88 bits per heavy atom. The van der Waals surface area contributed by atoms with Crippen molar-refractivity contribution in [2.75, 3.05) is 0 Å². The Morgan fingerprint density at radius 2 is 2.06 bits per heavy atom. The maximum Gasteiger partial charge on any atom is 0.160 e. The van der Waals surface area contributed by atoms with Crippen LogP contribution in [0.2, 0.25) is 0 Å². The highest BCUT2D eigenvalue weighted by Crippen LogP contribution is 2.20. The van der Waals surface area contributed by atoms with Crippen molar-refractivity contribution in [3.63, 3.8) is 0 Å². The largest absolute Gasteiger partial charge is 0.508 e. The monoisotopic (exact) mass is 210 g/mol. The topological polar surface area (TPSA) is 74.2 Å². The van der Waals surface area contributed by atoms with Crippen molar-refractivity contribution in [2.24, 2.45) is 0 Å². The van der Waals surface area contributed by atoms with Crippen LogP contribution in [0, 0.1) is 11.3 Å². The standard InChI is InChI=1S/C11H6N4O/c12-6-7-1-4-11-14-13-9-3-2-8(16)5-10(9)15(7)11/h1-5,16H. The summed E-state index contributed by atoms with van der Waals surface area (Å²) in [5, 5.41) is 26.4. The van der Waals surface area contributed by atoms with Gasteiger partial charge in [-0.15, -0.1) is 10.2 Å². The average Bonchev–Trinajstić information content (AvgIpc) is 2.72. The summed E-state index contributed by atoms with van der Waals surface area (Å²) in [6.07, 6.45) is 0. The molecular weight excluding hydrogens is 204 g/mol. The minimum absolute atomic E-state index is 0.138. The predicted octanol–water partition coefficient (Wildman–Crippen LogP) is 1.46. The van der Waals surface area contributed by atoms with Gasteiger partial charge in [0.25, 0.3) is 0 Å². The quantitative estimate of drug-likeness (QED) is 0.609. The van der Waals surface area contributed by atoms with Gasteiger partial charge in [0.05, 0.1) is 5.52 Å². The Kier molecular flexibility index (Phi) is 1.59. The summed E-state index contributed by atoms with van der Waals surface area (Å²) in [6.45, 7) is 0. The van der Waals surface area contributed by atoms with Crippen LogP contribution in [-0.2, 0) is 0 Å². The van der Waals surface area contributed by atoms with Crippen LogP contribution >= 0.6 is 0 Å². The number of nitriles is 1. The van der Waals surface area contributed by atoms with Crippen molar-refractivity contribution < 1.29 is 5.11 Å².